The lowest BCUT2D eigenvalue weighted by Gasteiger charge is -2.23. The van der Waals surface area contributed by atoms with Crippen molar-refractivity contribution in [1.82, 2.24) is 0 Å². The summed E-state index contributed by atoms with van der Waals surface area (Å²) >= 11 is 0. The van der Waals surface area contributed by atoms with Crippen LogP contribution in [0.4, 0.5) is 0 Å². The zero-order valence-corrected chi connectivity index (χ0v) is 7.61. The Balaban J connectivity index is 3.46. The highest BCUT2D eigenvalue weighted by atomic mass is 14.2. The maximum Gasteiger partial charge on any atom is -0.0354 e. The molecule has 0 aromatic heterocycles. The van der Waals surface area contributed by atoms with Gasteiger partial charge in [0.25, 0.3) is 0 Å². The largest absolute Gasteiger partial charge is 0.0625 e. The molecule has 0 heterocycles. The predicted octanol–water partition coefficient (Wildman–Crippen LogP) is 3.49. The second-order valence-corrected chi connectivity index (χ2v) is 4.06. The minimum atomic E-state index is 0.423. The average Bonchev–Trinajstić information content (AvgIpc) is 1.85. The molecule has 0 heteroatoms. The van der Waals surface area contributed by atoms with Gasteiger partial charge in [-0.15, -0.1) is 0 Å². The second kappa shape index (κ2) is 4.00. The summed E-state index contributed by atoms with van der Waals surface area (Å²) in [6.45, 7) is 14.6. The van der Waals surface area contributed by atoms with E-state index in [0.29, 0.717) is 11.3 Å². The molecule has 0 aliphatic rings. The van der Waals surface area contributed by atoms with Crippen LogP contribution in [0, 0.1) is 25.2 Å². The summed E-state index contributed by atoms with van der Waals surface area (Å²) in [6, 6.07) is 0. The molecule has 0 aromatic rings. The first-order valence-electron chi connectivity index (χ1n) is 4.10. The SMILES string of the molecule is [CH2]CC(C)(C)CCC([CH2])C. The lowest BCUT2D eigenvalue weighted by molar-refractivity contribution is 0.313. The summed E-state index contributed by atoms with van der Waals surface area (Å²) in [5, 5.41) is 0. The molecule has 0 nitrogen and oxygen atoms in total. The number of hydrogen-bond acceptors (Lipinski definition) is 0. The van der Waals surface area contributed by atoms with E-state index in [1.54, 1.807) is 0 Å². The van der Waals surface area contributed by atoms with Gasteiger partial charge >= 0.3 is 0 Å². The zero-order valence-electron chi connectivity index (χ0n) is 7.61. The molecule has 0 saturated carbocycles. The first-order valence-corrected chi connectivity index (χ1v) is 4.10. The van der Waals surface area contributed by atoms with E-state index in [-0.39, 0.29) is 0 Å². The van der Waals surface area contributed by atoms with Crippen molar-refractivity contribution in [1.29, 1.82) is 0 Å². The van der Waals surface area contributed by atoms with E-state index < -0.39 is 0 Å². The van der Waals surface area contributed by atoms with Gasteiger partial charge in [0.1, 0.15) is 0 Å². The van der Waals surface area contributed by atoms with Crippen LogP contribution in [0.2, 0.25) is 0 Å². The Kier molecular flexibility index (Phi) is 4.00. The first kappa shape index (κ1) is 10.0. The van der Waals surface area contributed by atoms with Gasteiger partial charge in [-0.2, -0.15) is 0 Å². The maximum atomic E-state index is 3.96. The smallest absolute Gasteiger partial charge is 0.0354 e. The third-order valence-electron chi connectivity index (χ3n) is 1.99. The van der Waals surface area contributed by atoms with E-state index in [4.69, 9.17) is 0 Å². The zero-order chi connectivity index (χ0) is 8.20. The highest BCUT2D eigenvalue weighted by molar-refractivity contribution is 4.71. The molecule has 0 amide bonds. The summed E-state index contributed by atoms with van der Waals surface area (Å²) in [6.07, 6.45) is 3.50. The van der Waals surface area contributed by atoms with Crippen LogP contribution in [0.3, 0.4) is 0 Å². The second-order valence-electron chi connectivity index (χ2n) is 4.06. The third kappa shape index (κ3) is 4.84. The van der Waals surface area contributed by atoms with Crippen LogP contribution in [0.5, 0.6) is 0 Å². The average molecular weight is 140 g/mol. The number of hydrogen-bond donors (Lipinski definition) is 0. The fourth-order valence-electron chi connectivity index (χ4n) is 0.762. The molecule has 1 unspecified atom stereocenters. The van der Waals surface area contributed by atoms with Gasteiger partial charge in [0.05, 0.1) is 0 Å². The van der Waals surface area contributed by atoms with Crippen LogP contribution in [0.25, 0.3) is 0 Å². The van der Waals surface area contributed by atoms with Crippen LogP contribution in [-0.4, -0.2) is 0 Å². The van der Waals surface area contributed by atoms with Gasteiger partial charge in [-0.1, -0.05) is 41.0 Å². The highest BCUT2D eigenvalue weighted by Gasteiger charge is 2.14. The molecule has 0 aliphatic heterocycles. The minimum Gasteiger partial charge on any atom is -0.0625 e. The van der Waals surface area contributed by atoms with Gasteiger partial charge < -0.3 is 0 Å². The Hall–Kier alpha value is 0. The molecule has 0 N–H and O–H groups in total. The molecular weight excluding hydrogens is 120 g/mol. The lowest BCUT2D eigenvalue weighted by atomic mass is 9.83. The van der Waals surface area contributed by atoms with Crippen molar-refractivity contribution < 1.29 is 0 Å². The Bertz CT molecular complexity index is 80.0. The van der Waals surface area contributed by atoms with Gasteiger partial charge in [0.2, 0.25) is 0 Å². The number of rotatable bonds is 4. The molecule has 0 spiro atoms. The van der Waals surface area contributed by atoms with Gasteiger partial charge in [-0.25, -0.2) is 0 Å². The van der Waals surface area contributed by atoms with E-state index in [1.807, 2.05) is 0 Å². The summed E-state index contributed by atoms with van der Waals surface area (Å²) < 4.78 is 0. The predicted molar refractivity (Wildman–Crippen MR) is 47.5 cm³/mol. The van der Waals surface area contributed by atoms with Crippen LogP contribution in [0.15, 0.2) is 0 Å². The third-order valence-corrected chi connectivity index (χ3v) is 1.99. The van der Waals surface area contributed by atoms with Gasteiger partial charge in [0, 0.05) is 0 Å². The summed E-state index contributed by atoms with van der Waals surface area (Å²) in [5.41, 5.74) is 0.423. The molecule has 0 aromatic carbocycles. The fourth-order valence-corrected chi connectivity index (χ4v) is 0.762. The fraction of sp³-hybridized carbons (Fsp3) is 0.800. The monoisotopic (exact) mass is 140 g/mol. The van der Waals surface area contributed by atoms with Crippen molar-refractivity contribution in [3.05, 3.63) is 13.8 Å². The molecule has 1 atom stereocenters. The van der Waals surface area contributed by atoms with Crippen molar-refractivity contribution >= 4 is 0 Å². The summed E-state index contributed by atoms with van der Waals surface area (Å²) in [5.74, 6) is 0.589. The van der Waals surface area contributed by atoms with Gasteiger partial charge in [-0.3, -0.25) is 0 Å². The minimum absolute atomic E-state index is 0.423. The van der Waals surface area contributed by atoms with E-state index >= 15 is 0 Å². The molecule has 60 valence electrons. The van der Waals surface area contributed by atoms with Crippen molar-refractivity contribution in [2.75, 3.05) is 0 Å². The van der Waals surface area contributed by atoms with Crippen molar-refractivity contribution in [2.24, 2.45) is 11.3 Å². The summed E-state index contributed by atoms with van der Waals surface area (Å²) in [7, 11) is 0. The molecule has 2 radical (unpaired) electrons. The van der Waals surface area contributed by atoms with E-state index in [0.717, 1.165) is 6.42 Å². The molecule has 10 heavy (non-hydrogen) atoms. The molecule has 0 rings (SSSR count). The Morgan fingerprint density at radius 1 is 1.40 bits per heavy atom. The summed E-state index contributed by atoms with van der Waals surface area (Å²) in [4.78, 5) is 0. The Labute approximate surface area is 66.0 Å². The molecular formula is C10H20. The topological polar surface area (TPSA) is 0 Å². The van der Waals surface area contributed by atoms with Gasteiger partial charge in [0.15, 0.2) is 0 Å². The van der Waals surface area contributed by atoms with Crippen LogP contribution >= 0.6 is 0 Å². The normalized spacial score (nSPS) is 12.6. The first-order chi connectivity index (χ1) is 4.48. The Morgan fingerprint density at radius 3 is 2.20 bits per heavy atom. The Morgan fingerprint density at radius 2 is 1.90 bits per heavy atom. The van der Waals surface area contributed by atoms with Crippen LogP contribution in [-0.2, 0) is 0 Å². The highest BCUT2D eigenvalue weighted by Crippen LogP contribution is 2.27. The molecule has 0 fully saturated rings. The molecule has 0 bridgehead atoms. The standard InChI is InChI=1S/C10H20/c1-6-10(4,5)8-7-9(2)3/h9H,1-2,6-8H2,3-5H3. The van der Waals surface area contributed by atoms with Crippen molar-refractivity contribution in [3.8, 4) is 0 Å². The molecule has 0 saturated heterocycles. The van der Waals surface area contributed by atoms with Crippen molar-refractivity contribution in [3.63, 3.8) is 0 Å². The maximum absolute atomic E-state index is 3.96. The van der Waals surface area contributed by atoms with E-state index in [2.05, 4.69) is 34.6 Å². The van der Waals surface area contributed by atoms with E-state index in [9.17, 15) is 0 Å². The van der Waals surface area contributed by atoms with Crippen LogP contribution in [0.1, 0.15) is 40.0 Å². The van der Waals surface area contributed by atoms with Gasteiger partial charge in [-0.05, 0) is 24.2 Å². The lowest BCUT2D eigenvalue weighted by Crippen LogP contribution is -2.10. The quantitative estimate of drug-likeness (QED) is 0.560. The van der Waals surface area contributed by atoms with E-state index in [1.165, 1.54) is 12.8 Å². The van der Waals surface area contributed by atoms with Crippen LogP contribution < -0.4 is 0 Å². The van der Waals surface area contributed by atoms with Crippen molar-refractivity contribution in [2.45, 2.75) is 40.0 Å². The molecule has 0 aliphatic carbocycles.